The van der Waals surface area contributed by atoms with Gasteiger partial charge in [-0.05, 0) is 113 Å². The van der Waals surface area contributed by atoms with Crippen LogP contribution in [0.5, 0.6) is 5.75 Å². The van der Waals surface area contributed by atoms with Crippen molar-refractivity contribution in [1.29, 1.82) is 0 Å². The molecule has 63 heavy (non-hydrogen) atoms. The summed E-state index contributed by atoms with van der Waals surface area (Å²) < 4.78 is 32.4. The van der Waals surface area contributed by atoms with Crippen LogP contribution in [0.15, 0.2) is 53.5 Å². The number of alkyl halides is 2. The number of amides is 4. The summed E-state index contributed by atoms with van der Waals surface area (Å²) in [4.78, 5) is 73.7. The number of nitrogens with zero attached hydrogens (tertiary/aromatic N) is 4. The van der Waals surface area contributed by atoms with Crippen molar-refractivity contribution in [3.05, 3.63) is 76.6 Å². The summed E-state index contributed by atoms with van der Waals surface area (Å²) in [6.07, 6.45) is 14.4. The molecule has 1 atom stereocenters. The van der Waals surface area contributed by atoms with E-state index >= 15 is 0 Å². The molecule has 0 bridgehead atoms. The zero-order valence-corrected chi connectivity index (χ0v) is 36.7. The second kappa shape index (κ2) is 20.6. The molecule has 2 saturated carbocycles. The fourth-order valence-corrected chi connectivity index (χ4v) is 9.09. The summed E-state index contributed by atoms with van der Waals surface area (Å²) in [5.74, 6) is -3.89. The molecule has 3 fully saturated rings. The van der Waals surface area contributed by atoms with Crippen molar-refractivity contribution in [2.75, 3.05) is 57.2 Å². The Kier molecular flexibility index (Phi) is 15.3. The van der Waals surface area contributed by atoms with Crippen LogP contribution in [0.4, 0.5) is 25.8 Å². The van der Waals surface area contributed by atoms with E-state index in [1.54, 1.807) is 30.5 Å². The van der Waals surface area contributed by atoms with E-state index in [0.29, 0.717) is 57.1 Å². The average molecular weight is 871 g/mol. The first-order valence-electron chi connectivity index (χ1n) is 21.9. The number of hydrogen-bond acceptors (Lipinski definition) is 11. The van der Waals surface area contributed by atoms with Gasteiger partial charge in [-0.1, -0.05) is 31.4 Å². The lowest BCUT2D eigenvalue weighted by Crippen LogP contribution is -2.46. The summed E-state index contributed by atoms with van der Waals surface area (Å²) in [5, 5.41) is 8.53. The fraction of sp³-hybridized carbons (Fsp3) is 0.511. The molecular weight excluding hydrogens is 811 g/mol. The van der Waals surface area contributed by atoms with Gasteiger partial charge < -0.3 is 36.1 Å². The van der Waals surface area contributed by atoms with Gasteiger partial charge in [-0.3, -0.25) is 29.1 Å². The molecule has 338 valence electrons. The lowest BCUT2D eigenvalue weighted by molar-refractivity contribution is -0.121. The quantitative estimate of drug-likeness (QED) is 0.0532. The van der Waals surface area contributed by atoms with Crippen molar-refractivity contribution in [2.45, 2.75) is 102 Å². The van der Waals surface area contributed by atoms with Crippen LogP contribution < -0.4 is 26.4 Å². The number of piperidine rings is 1. The minimum atomic E-state index is -3.14. The maximum absolute atomic E-state index is 13.5. The van der Waals surface area contributed by atoms with E-state index in [0.717, 1.165) is 37.6 Å². The van der Waals surface area contributed by atoms with Gasteiger partial charge >= 0.3 is 0 Å². The molecule has 4 aliphatic rings. The smallest absolute Gasteiger partial charge is 0.287 e. The first kappa shape index (κ1) is 46.7. The summed E-state index contributed by atoms with van der Waals surface area (Å²) in [5.41, 5.74) is 8.82. The Morgan fingerprint density at radius 1 is 1.05 bits per heavy atom. The molecule has 1 spiro atoms. The third kappa shape index (κ3) is 11.4. The van der Waals surface area contributed by atoms with Crippen LogP contribution in [-0.4, -0.2) is 104 Å². The first-order valence-corrected chi connectivity index (χ1v) is 21.9. The van der Waals surface area contributed by atoms with Crippen molar-refractivity contribution >= 4 is 53.2 Å². The molecule has 16 heteroatoms. The number of hydrogen-bond donors (Lipinski definition) is 4. The van der Waals surface area contributed by atoms with Gasteiger partial charge in [-0.15, -0.1) is 0 Å². The lowest BCUT2D eigenvalue weighted by Gasteiger charge is -2.52. The van der Waals surface area contributed by atoms with Gasteiger partial charge in [-0.2, -0.15) is 8.78 Å². The highest BCUT2D eigenvalue weighted by Crippen LogP contribution is 2.53. The van der Waals surface area contributed by atoms with Gasteiger partial charge in [0.2, 0.25) is 5.91 Å². The molecule has 3 heterocycles. The summed E-state index contributed by atoms with van der Waals surface area (Å²) in [7, 11) is 5.16. The van der Waals surface area contributed by atoms with Crippen LogP contribution >= 0.6 is 0 Å². The molecule has 5 N–H and O–H groups in total. The second-order valence-corrected chi connectivity index (χ2v) is 17.4. The number of ether oxygens (including phenoxy) is 1. The standard InChI is InChI=1S/C25H34N4O4.C22H26F2N4O2/c1-26-21(31)7-6-18(16-30)29-23(32)19-4-3-5-20(22(19)24(29)33)27-11-8-17-14-25(15-17)9-12-28(2)13-10-25;1-22(23,24)20-10-6-9-17(27-20)21(29)28-18-11-14(16(25)12-19(18)30-2)13-26-15-7-4-3-5-8-15/h3-5,16-18,27H,6-15H2,1-2H3,(H,26,31);6,9-13,15H,3-5,7-8,25H2,1-2H3,(H,28,29). The van der Waals surface area contributed by atoms with Gasteiger partial charge in [0.05, 0.1) is 30.0 Å². The van der Waals surface area contributed by atoms with Crippen molar-refractivity contribution < 1.29 is 37.5 Å². The number of methoxy groups -OCH3 is 1. The van der Waals surface area contributed by atoms with Crippen LogP contribution in [-0.2, 0) is 15.5 Å². The molecule has 3 aromatic rings. The minimum Gasteiger partial charge on any atom is -0.494 e. The number of pyridine rings is 1. The molecule has 14 nitrogen and oxygen atoms in total. The lowest BCUT2D eigenvalue weighted by atomic mass is 9.57. The number of benzene rings is 2. The Bertz CT molecular complexity index is 2170. The zero-order valence-electron chi connectivity index (χ0n) is 36.7. The van der Waals surface area contributed by atoms with Crippen molar-refractivity contribution in [2.24, 2.45) is 16.3 Å². The van der Waals surface area contributed by atoms with E-state index in [9.17, 15) is 32.8 Å². The van der Waals surface area contributed by atoms with E-state index in [2.05, 4.69) is 37.9 Å². The van der Waals surface area contributed by atoms with Crippen LogP contribution in [0, 0.1) is 11.3 Å². The van der Waals surface area contributed by atoms with E-state index in [4.69, 9.17) is 10.5 Å². The third-order valence-electron chi connectivity index (χ3n) is 12.8. The normalized spacial score (nSPS) is 18.3. The predicted molar refractivity (Wildman–Crippen MR) is 239 cm³/mol. The number of halogens is 2. The van der Waals surface area contributed by atoms with E-state index in [1.807, 2.05) is 6.07 Å². The number of likely N-dealkylation sites (tertiary alicyclic amines) is 1. The third-order valence-corrected chi connectivity index (χ3v) is 12.8. The number of aldehydes is 1. The molecule has 1 aromatic heterocycles. The van der Waals surface area contributed by atoms with Gasteiger partial charge in [0.1, 0.15) is 23.4 Å². The second-order valence-electron chi connectivity index (χ2n) is 17.4. The van der Waals surface area contributed by atoms with Crippen LogP contribution in [0.25, 0.3) is 0 Å². The number of rotatable bonds is 15. The Balaban J connectivity index is 0.000000211. The van der Waals surface area contributed by atoms with Gasteiger partial charge in [-0.25, -0.2) is 4.98 Å². The van der Waals surface area contributed by atoms with E-state index in [-0.39, 0.29) is 30.5 Å². The van der Waals surface area contributed by atoms with Crippen LogP contribution in [0.2, 0.25) is 0 Å². The number of nitrogen functional groups attached to an aromatic ring is 1. The minimum absolute atomic E-state index is 0.0670. The number of aromatic nitrogens is 1. The molecule has 4 amide bonds. The molecule has 0 radical (unpaired) electrons. The largest absolute Gasteiger partial charge is 0.494 e. The van der Waals surface area contributed by atoms with Crippen LogP contribution in [0.1, 0.15) is 126 Å². The summed E-state index contributed by atoms with van der Waals surface area (Å²) in [6.45, 7) is 3.86. The summed E-state index contributed by atoms with van der Waals surface area (Å²) >= 11 is 0. The van der Waals surface area contributed by atoms with E-state index in [1.165, 1.54) is 90.4 Å². The van der Waals surface area contributed by atoms with Gasteiger partial charge in [0.25, 0.3) is 23.6 Å². The number of nitrogens with two attached hydrogens (primary N) is 1. The Labute approximate surface area is 367 Å². The maximum atomic E-state index is 13.5. The number of imide groups is 1. The van der Waals surface area contributed by atoms with Gasteiger partial charge in [0.15, 0.2) is 0 Å². The number of carbonyl (C=O) groups is 5. The average Bonchev–Trinajstić information content (AvgIpc) is 3.53. The van der Waals surface area contributed by atoms with Crippen molar-refractivity contribution in [3.63, 3.8) is 0 Å². The Hall–Kier alpha value is -5.77. The van der Waals surface area contributed by atoms with Gasteiger partial charge in [0, 0.05) is 62.2 Å². The maximum Gasteiger partial charge on any atom is 0.287 e. The first-order chi connectivity index (χ1) is 30.1. The summed E-state index contributed by atoms with van der Waals surface area (Å²) in [6, 6.07) is 11.7. The van der Waals surface area contributed by atoms with Crippen molar-refractivity contribution in [1.82, 2.24) is 20.1 Å². The van der Waals surface area contributed by atoms with Crippen LogP contribution in [0.3, 0.4) is 0 Å². The van der Waals surface area contributed by atoms with E-state index < -0.39 is 35.4 Å². The number of aliphatic imine (C=N–C) groups is 1. The highest BCUT2D eigenvalue weighted by molar-refractivity contribution is 6.24. The van der Waals surface area contributed by atoms with Crippen molar-refractivity contribution in [3.8, 4) is 5.75 Å². The topological polar surface area (TPSA) is 188 Å². The zero-order chi connectivity index (χ0) is 45.3. The molecule has 1 saturated heterocycles. The number of fused-ring (bicyclic) bond motifs is 1. The molecule has 2 aliphatic carbocycles. The SMILES string of the molecule is CNC(=O)CCC(C=O)N1C(=O)c2cccc(NCCC3CC4(CCN(C)CC4)C3)c2C1=O.COc1cc(N)c(C=NC2CCCCC2)cc1NC(=O)c1cccc(C(C)(F)F)n1. The Morgan fingerprint density at radius 2 is 1.76 bits per heavy atom. The monoisotopic (exact) mass is 870 g/mol. The molecule has 7 rings (SSSR count). The number of anilines is 3. The number of carbonyl (C=O) groups excluding carboxylic acids is 5. The highest BCUT2D eigenvalue weighted by atomic mass is 19.3. The fourth-order valence-electron chi connectivity index (χ4n) is 9.09. The Morgan fingerprint density at radius 3 is 2.43 bits per heavy atom. The molecule has 1 unspecified atom stereocenters. The molecule has 2 aliphatic heterocycles. The molecule has 2 aromatic carbocycles. The predicted octanol–water partition coefficient (Wildman–Crippen LogP) is 7.09. The number of nitrogens with one attached hydrogen (secondary N) is 3. The highest BCUT2D eigenvalue weighted by Gasteiger charge is 2.45. The molecular formula is C47H60F2N8O6.